The molecule has 0 aliphatic carbocycles. The Bertz CT molecular complexity index is 510. The van der Waals surface area contributed by atoms with Crippen LogP contribution in [0.1, 0.15) is 36.0 Å². The van der Waals surface area contributed by atoms with Crippen LogP contribution in [0.25, 0.3) is 0 Å². The topological polar surface area (TPSA) is 20.3 Å². The highest BCUT2D eigenvalue weighted by Gasteiger charge is 2.43. The third-order valence-corrected chi connectivity index (χ3v) is 5.22. The maximum atomic E-state index is 13.5. The number of piperidine rings is 1. The predicted molar refractivity (Wildman–Crippen MR) is 76.3 cm³/mol. The van der Waals surface area contributed by atoms with Crippen LogP contribution in [0.3, 0.4) is 0 Å². The first-order valence-electron chi connectivity index (χ1n) is 6.48. The van der Waals surface area contributed by atoms with Crippen LogP contribution in [0.5, 0.6) is 0 Å². The first-order chi connectivity index (χ1) is 9.08. The highest BCUT2D eigenvalue weighted by molar-refractivity contribution is 9.09. The summed E-state index contributed by atoms with van der Waals surface area (Å²) in [5.41, 5.74) is 0.284. The van der Waals surface area contributed by atoms with Crippen molar-refractivity contribution in [1.29, 1.82) is 0 Å². The van der Waals surface area contributed by atoms with Crippen molar-refractivity contribution in [1.82, 2.24) is 4.90 Å². The normalized spacial score (nSPS) is 29.6. The Kier molecular flexibility index (Phi) is 3.56. The molecule has 0 aromatic heterocycles. The quantitative estimate of drug-likeness (QED) is 0.704. The van der Waals surface area contributed by atoms with Gasteiger partial charge in [0.2, 0.25) is 0 Å². The van der Waals surface area contributed by atoms with E-state index in [0.717, 1.165) is 25.7 Å². The Balaban J connectivity index is 1.91. The summed E-state index contributed by atoms with van der Waals surface area (Å²) >= 11 is 9.56. The lowest BCUT2D eigenvalue weighted by Gasteiger charge is -2.37. The minimum absolute atomic E-state index is 0.0622. The molecule has 2 atom stereocenters. The highest BCUT2D eigenvalue weighted by Crippen LogP contribution is 2.39. The second kappa shape index (κ2) is 5.06. The van der Waals surface area contributed by atoms with Gasteiger partial charge >= 0.3 is 0 Å². The molecule has 3 rings (SSSR count). The Labute approximate surface area is 125 Å². The molecule has 2 aliphatic heterocycles. The number of rotatable bonds is 1. The molecule has 2 saturated heterocycles. The first kappa shape index (κ1) is 13.4. The molecule has 19 heavy (non-hydrogen) atoms. The molecule has 5 heteroatoms. The zero-order valence-electron chi connectivity index (χ0n) is 10.3. The van der Waals surface area contributed by atoms with Crippen molar-refractivity contribution in [2.24, 2.45) is 0 Å². The number of fused-ring (bicyclic) bond motifs is 2. The van der Waals surface area contributed by atoms with E-state index in [9.17, 15) is 9.18 Å². The van der Waals surface area contributed by atoms with Gasteiger partial charge in [0.05, 0.1) is 10.6 Å². The van der Waals surface area contributed by atoms with Gasteiger partial charge in [-0.3, -0.25) is 4.79 Å². The summed E-state index contributed by atoms with van der Waals surface area (Å²) in [5, 5.41) is -0.0622. The number of carbonyl (C=O) groups is 1. The van der Waals surface area contributed by atoms with Crippen LogP contribution in [0.4, 0.5) is 4.39 Å². The minimum Gasteiger partial charge on any atom is -0.333 e. The average Bonchev–Trinajstić information content (AvgIpc) is 2.64. The summed E-state index contributed by atoms with van der Waals surface area (Å²) in [6.45, 7) is 0. The zero-order valence-corrected chi connectivity index (χ0v) is 12.6. The molecule has 2 heterocycles. The number of hydrogen-bond acceptors (Lipinski definition) is 1. The van der Waals surface area contributed by atoms with Gasteiger partial charge in [0.1, 0.15) is 5.82 Å². The summed E-state index contributed by atoms with van der Waals surface area (Å²) in [7, 11) is 0. The van der Waals surface area contributed by atoms with Gasteiger partial charge in [-0.2, -0.15) is 0 Å². The molecule has 1 aromatic carbocycles. The molecule has 0 spiro atoms. The zero-order chi connectivity index (χ0) is 13.6. The molecular formula is C14H14BrClFNO. The fourth-order valence-electron chi connectivity index (χ4n) is 3.25. The average molecular weight is 347 g/mol. The summed E-state index contributed by atoms with van der Waals surface area (Å²) < 4.78 is 13.5. The Hall–Kier alpha value is -0.610. The van der Waals surface area contributed by atoms with E-state index in [0.29, 0.717) is 4.83 Å². The second-order valence-corrected chi connectivity index (χ2v) is 6.94. The van der Waals surface area contributed by atoms with Gasteiger partial charge in [-0.15, -0.1) is 0 Å². The van der Waals surface area contributed by atoms with Gasteiger partial charge in [0.25, 0.3) is 5.91 Å². The lowest BCUT2D eigenvalue weighted by atomic mass is 10.0. The lowest BCUT2D eigenvalue weighted by Crippen LogP contribution is -2.46. The van der Waals surface area contributed by atoms with E-state index >= 15 is 0 Å². The molecule has 2 bridgehead atoms. The standard InChI is InChI=1S/C14H14BrClFNO/c15-8-6-9-4-5-10(7-8)18(9)14(19)11-2-1-3-12(17)13(11)16/h1-3,8-10H,4-7H2. The van der Waals surface area contributed by atoms with E-state index < -0.39 is 5.82 Å². The summed E-state index contributed by atoms with van der Waals surface area (Å²) in [6, 6.07) is 4.93. The van der Waals surface area contributed by atoms with E-state index in [1.165, 1.54) is 12.1 Å². The number of benzene rings is 1. The van der Waals surface area contributed by atoms with Crippen molar-refractivity contribution >= 4 is 33.4 Å². The number of hydrogen-bond donors (Lipinski definition) is 0. The molecule has 102 valence electrons. The number of carbonyl (C=O) groups excluding carboxylic acids is 1. The van der Waals surface area contributed by atoms with Gasteiger partial charge in [-0.05, 0) is 37.8 Å². The molecule has 0 N–H and O–H groups in total. The van der Waals surface area contributed by atoms with Gasteiger partial charge in [-0.1, -0.05) is 33.6 Å². The largest absolute Gasteiger partial charge is 0.333 e. The predicted octanol–water partition coefficient (Wildman–Crippen LogP) is 4.01. The van der Waals surface area contributed by atoms with Crippen molar-refractivity contribution in [3.63, 3.8) is 0 Å². The summed E-state index contributed by atoms with van der Waals surface area (Å²) in [4.78, 5) is 15.0. The van der Waals surface area contributed by atoms with E-state index in [2.05, 4.69) is 15.9 Å². The third kappa shape index (κ3) is 2.29. The van der Waals surface area contributed by atoms with Crippen LogP contribution in [0.2, 0.25) is 5.02 Å². The molecule has 0 radical (unpaired) electrons. The van der Waals surface area contributed by atoms with E-state index in [4.69, 9.17) is 11.6 Å². The van der Waals surface area contributed by atoms with Crippen LogP contribution in [-0.2, 0) is 0 Å². The number of nitrogens with zero attached hydrogens (tertiary/aromatic N) is 1. The van der Waals surface area contributed by atoms with Crippen LogP contribution in [0, 0.1) is 5.82 Å². The van der Waals surface area contributed by atoms with Crippen molar-refractivity contribution in [2.45, 2.75) is 42.6 Å². The van der Waals surface area contributed by atoms with Gasteiger partial charge in [-0.25, -0.2) is 4.39 Å². The molecule has 1 amide bonds. The molecule has 2 unspecified atom stereocenters. The third-order valence-electron chi connectivity index (χ3n) is 4.09. The number of halogens is 3. The van der Waals surface area contributed by atoms with E-state index in [1.54, 1.807) is 6.07 Å². The van der Waals surface area contributed by atoms with Crippen molar-refractivity contribution in [3.8, 4) is 0 Å². The fraction of sp³-hybridized carbons (Fsp3) is 0.500. The first-order valence-corrected chi connectivity index (χ1v) is 7.78. The van der Waals surface area contributed by atoms with Crippen LogP contribution in [0.15, 0.2) is 18.2 Å². The summed E-state index contributed by atoms with van der Waals surface area (Å²) in [6.07, 6.45) is 4.00. The lowest BCUT2D eigenvalue weighted by molar-refractivity contribution is 0.0603. The Morgan fingerprint density at radius 1 is 1.32 bits per heavy atom. The Morgan fingerprint density at radius 3 is 2.58 bits per heavy atom. The van der Waals surface area contributed by atoms with Crippen molar-refractivity contribution in [2.75, 3.05) is 0 Å². The van der Waals surface area contributed by atoms with Crippen molar-refractivity contribution in [3.05, 3.63) is 34.6 Å². The Morgan fingerprint density at radius 2 is 1.95 bits per heavy atom. The summed E-state index contributed by atoms with van der Waals surface area (Å²) in [5.74, 6) is -0.661. The molecule has 2 fully saturated rings. The van der Waals surface area contributed by atoms with E-state index in [1.807, 2.05) is 4.90 Å². The molecule has 2 aliphatic rings. The molecule has 0 saturated carbocycles. The number of amides is 1. The number of alkyl halides is 1. The smallest absolute Gasteiger partial charge is 0.255 e. The van der Waals surface area contributed by atoms with Crippen LogP contribution in [-0.4, -0.2) is 27.7 Å². The van der Waals surface area contributed by atoms with Crippen LogP contribution >= 0.6 is 27.5 Å². The SMILES string of the molecule is O=C(c1cccc(F)c1Cl)N1C2CCC1CC(Br)C2. The van der Waals surface area contributed by atoms with Gasteiger partial charge < -0.3 is 4.90 Å². The highest BCUT2D eigenvalue weighted by atomic mass is 79.9. The molecular weight excluding hydrogens is 333 g/mol. The fourth-order valence-corrected chi connectivity index (χ4v) is 4.32. The minimum atomic E-state index is -0.532. The second-order valence-electron chi connectivity index (χ2n) is 5.27. The van der Waals surface area contributed by atoms with Crippen LogP contribution < -0.4 is 0 Å². The maximum Gasteiger partial charge on any atom is 0.255 e. The maximum absolute atomic E-state index is 13.5. The molecule has 1 aromatic rings. The van der Waals surface area contributed by atoms with Gasteiger partial charge in [0, 0.05) is 16.9 Å². The monoisotopic (exact) mass is 345 g/mol. The van der Waals surface area contributed by atoms with Gasteiger partial charge in [0.15, 0.2) is 0 Å². The van der Waals surface area contributed by atoms with E-state index in [-0.39, 0.29) is 28.6 Å². The van der Waals surface area contributed by atoms with Crippen molar-refractivity contribution < 1.29 is 9.18 Å². The molecule has 2 nitrogen and oxygen atoms in total.